The van der Waals surface area contributed by atoms with E-state index in [2.05, 4.69) is 21.2 Å². The third kappa shape index (κ3) is 6.34. The molecule has 0 bridgehead atoms. The zero-order valence-electron chi connectivity index (χ0n) is 15.3. The first-order valence-corrected chi connectivity index (χ1v) is 10.8. The molecule has 27 heavy (non-hydrogen) atoms. The van der Waals surface area contributed by atoms with E-state index in [1.165, 1.54) is 16.4 Å². The lowest BCUT2D eigenvalue weighted by Gasteiger charge is -2.17. The molecule has 146 valence electrons. The summed E-state index contributed by atoms with van der Waals surface area (Å²) in [5, 5.41) is 2.68. The second kappa shape index (κ2) is 9.87. The average molecular weight is 455 g/mol. The number of nitrogens with one attached hydrogen (secondary N) is 1. The summed E-state index contributed by atoms with van der Waals surface area (Å²) < 4.78 is 32.6. The molecular formula is C19H23BrN2O4S. The van der Waals surface area contributed by atoms with E-state index in [9.17, 15) is 13.2 Å². The van der Waals surface area contributed by atoms with Gasteiger partial charge < -0.3 is 10.1 Å². The number of hydrogen-bond acceptors (Lipinski definition) is 4. The smallest absolute Gasteiger partial charge is 0.262 e. The number of nitrogens with zero attached hydrogens (tertiary/aromatic N) is 1. The van der Waals surface area contributed by atoms with Gasteiger partial charge in [-0.2, -0.15) is 0 Å². The summed E-state index contributed by atoms with van der Waals surface area (Å²) in [6.07, 6.45) is 1.73. The predicted molar refractivity (Wildman–Crippen MR) is 109 cm³/mol. The van der Waals surface area contributed by atoms with Crippen LogP contribution in [0.1, 0.15) is 19.8 Å². The van der Waals surface area contributed by atoms with Crippen LogP contribution in [0.3, 0.4) is 0 Å². The Morgan fingerprint density at radius 2 is 1.74 bits per heavy atom. The van der Waals surface area contributed by atoms with E-state index in [4.69, 9.17) is 4.74 Å². The first-order valence-electron chi connectivity index (χ1n) is 8.57. The number of anilines is 1. The van der Waals surface area contributed by atoms with Crippen LogP contribution in [0.15, 0.2) is 57.9 Å². The van der Waals surface area contributed by atoms with Crippen LogP contribution >= 0.6 is 15.9 Å². The zero-order chi connectivity index (χ0) is 19.9. The van der Waals surface area contributed by atoms with E-state index >= 15 is 0 Å². The third-order valence-electron chi connectivity index (χ3n) is 3.86. The molecule has 0 heterocycles. The van der Waals surface area contributed by atoms with E-state index in [1.807, 2.05) is 19.1 Å². The molecule has 8 heteroatoms. The SMILES string of the molecule is CCCCN(C)S(=O)(=O)c1ccc(NC(=O)COc2ccc(Br)cc2)cc1. The molecule has 2 aromatic rings. The fraction of sp³-hybridized carbons (Fsp3) is 0.316. The van der Waals surface area contributed by atoms with Gasteiger partial charge in [-0.15, -0.1) is 0 Å². The number of sulfonamides is 1. The highest BCUT2D eigenvalue weighted by Gasteiger charge is 2.20. The van der Waals surface area contributed by atoms with Crippen LogP contribution in [0.5, 0.6) is 5.75 Å². The van der Waals surface area contributed by atoms with Crippen LogP contribution in [-0.2, 0) is 14.8 Å². The van der Waals surface area contributed by atoms with E-state index in [0.29, 0.717) is 18.0 Å². The molecule has 0 saturated heterocycles. The minimum Gasteiger partial charge on any atom is -0.484 e. The van der Waals surface area contributed by atoms with Crippen LogP contribution in [-0.4, -0.2) is 38.8 Å². The summed E-state index contributed by atoms with van der Waals surface area (Å²) in [6.45, 7) is 2.35. The molecule has 0 fully saturated rings. The van der Waals surface area contributed by atoms with Crippen molar-refractivity contribution in [1.29, 1.82) is 0 Å². The average Bonchev–Trinajstić information content (AvgIpc) is 2.66. The van der Waals surface area contributed by atoms with Gasteiger partial charge in [0.05, 0.1) is 4.90 Å². The van der Waals surface area contributed by atoms with Crippen LogP contribution in [0.2, 0.25) is 0 Å². The molecule has 0 aromatic heterocycles. The maximum absolute atomic E-state index is 12.5. The van der Waals surface area contributed by atoms with Gasteiger partial charge in [-0.1, -0.05) is 29.3 Å². The Morgan fingerprint density at radius 3 is 2.33 bits per heavy atom. The molecule has 0 atom stereocenters. The molecule has 2 aromatic carbocycles. The van der Waals surface area contributed by atoms with Gasteiger partial charge in [0.25, 0.3) is 5.91 Å². The molecule has 2 rings (SSSR count). The second-order valence-electron chi connectivity index (χ2n) is 6.00. The molecule has 6 nitrogen and oxygen atoms in total. The monoisotopic (exact) mass is 454 g/mol. The Kier molecular flexibility index (Phi) is 7.82. The maximum atomic E-state index is 12.5. The van der Waals surface area contributed by atoms with Crippen molar-refractivity contribution >= 4 is 37.5 Å². The summed E-state index contributed by atoms with van der Waals surface area (Å²) in [6, 6.07) is 13.3. The lowest BCUT2D eigenvalue weighted by atomic mass is 10.3. The number of halogens is 1. The van der Waals surface area contributed by atoms with Gasteiger partial charge in [0.15, 0.2) is 6.61 Å². The quantitative estimate of drug-likeness (QED) is 0.623. The molecule has 0 radical (unpaired) electrons. The normalized spacial score (nSPS) is 11.4. The molecule has 0 aliphatic heterocycles. The van der Waals surface area contributed by atoms with Crippen molar-refractivity contribution in [1.82, 2.24) is 4.31 Å². The van der Waals surface area contributed by atoms with Crippen molar-refractivity contribution in [2.24, 2.45) is 0 Å². The fourth-order valence-electron chi connectivity index (χ4n) is 2.27. The van der Waals surface area contributed by atoms with E-state index < -0.39 is 10.0 Å². The lowest BCUT2D eigenvalue weighted by molar-refractivity contribution is -0.118. The second-order valence-corrected chi connectivity index (χ2v) is 8.96. The van der Waals surface area contributed by atoms with Crippen molar-refractivity contribution in [2.75, 3.05) is 25.5 Å². The van der Waals surface area contributed by atoms with E-state index in [-0.39, 0.29) is 17.4 Å². The largest absolute Gasteiger partial charge is 0.484 e. The summed E-state index contributed by atoms with van der Waals surface area (Å²) in [7, 11) is -1.94. The molecular weight excluding hydrogens is 432 g/mol. The van der Waals surface area contributed by atoms with Crippen LogP contribution in [0, 0.1) is 0 Å². The maximum Gasteiger partial charge on any atom is 0.262 e. The van der Waals surface area contributed by atoms with Gasteiger partial charge in [-0.05, 0) is 55.0 Å². The van der Waals surface area contributed by atoms with Crippen LogP contribution < -0.4 is 10.1 Å². The number of carbonyl (C=O) groups is 1. The topological polar surface area (TPSA) is 75.7 Å². The standard InChI is InChI=1S/C19H23BrN2O4S/c1-3-4-13-22(2)27(24,25)18-11-7-16(8-12-18)21-19(23)14-26-17-9-5-15(20)6-10-17/h5-12H,3-4,13-14H2,1-2H3,(H,21,23). The summed E-state index contributed by atoms with van der Waals surface area (Å²) in [4.78, 5) is 12.2. The molecule has 1 amide bonds. The Labute approximate surface area is 168 Å². The van der Waals surface area contributed by atoms with E-state index in [0.717, 1.165) is 17.3 Å². The number of rotatable bonds is 9. The number of hydrogen-bond donors (Lipinski definition) is 1. The highest BCUT2D eigenvalue weighted by atomic mass is 79.9. The van der Waals surface area contributed by atoms with Crippen molar-refractivity contribution < 1.29 is 17.9 Å². The number of ether oxygens (including phenoxy) is 1. The highest BCUT2D eigenvalue weighted by molar-refractivity contribution is 9.10. The molecule has 0 aliphatic carbocycles. The number of unbranched alkanes of at least 4 members (excludes halogenated alkanes) is 1. The van der Waals surface area contributed by atoms with Gasteiger partial charge in [-0.25, -0.2) is 12.7 Å². The minimum absolute atomic E-state index is 0.137. The summed E-state index contributed by atoms with van der Waals surface area (Å²) >= 11 is 3.33. The van der Waals surface area contributed by atoms with Crippen molar-refractivity contribution in [2.45, 2.75) is 24.7 Å². The van der Waals surface area contributed by atoms with Crippen molar-refractivity contribution in [3.63, 3.8) is 0 Å². The van der Waals surface area contributed by atoms with Gasteiger partial charge in [0.1, 0.15) is 5.75 Å². The van der Waals surface area contributed by atoms with Gasteiger partial charge in [-0.3, -0.25) is 4.79 Å². The Bertz CT molecular complexity index is 852. The fourth-order valence-corrected chi connectivity index (χ4v) is 3.74. The van der Waals surface area contributed by atoms with Gasteiger partial charge >= 0.3 is 0 Å². The molecule has 0 aliphatic rings. The molecule has 0 saturated carbocycles. The Hall–Kier alpha value is -1.90. The van der Waals surface area contributed by atoms with E-state index in [1.54, 1.807) is 31.3 Å². The number of amides is 1. The zero-order valence-corrected chi connectivity index (χ0v) is 17.7. The summed E-state index contributed by atoms with van der Waals surface area (Å²) in [5.74, 6) is 0.262. The lowest BCUT2D eigenvalue weighted by Crippen LogP contribution is -2.28. The van der Waals surface area contributed by atoms with Gasteiger partial charge in [0.2, 0.25) is 10.0 Å². The summed E-state index contributed by atoms with van der Waals surface area (Å²) in [5.41, 5.74) is 0.509. The third-order valence-corrected chi connectivity index (χ3v) is 6.26. The Balaban J connectivity index is 1.92. The first kappa shape index (κ1) is 21.4. The number of carbonyl (C=O) groups excluding carboxylic acids is 1. The number of benzene rings is 2. The van der Waals surface area contributed by atoms with Crippen LogP contribution in [0.4, 0.5) is 5.69 Å². The molecule has 1 N–H and O–H groups in total. The van der Waals surface area contributed by atoms with Crippen molar-refractivity contribution in [3.8, 4) is 5.75 Å². The molecule has 0 spiro atoms. The van der Waals surface area contributed by atoms with Gasteiger partial charge in [0, 0.05) is 23.8 Å². The Morgan fingerprint density at radius 1 is 1.11 bits per heavy atom. The first-order chi connectivity index (χ1) is 12.8. The van der Waals surface area contributed by atoms with Crippen molar-refractivity contribution in [3.05, 3.63) is 53.0 Å². The van der Waals surface area contributed by atoms with Crippen LogP contribution in [0.25, 0.3) is 0 Å². The predicted octanol–water partition coefficient (Wildman–Crippen LogP) is 3.89. The highest BCUT2D eigenvalue weighted by Crippen LogP contribution is 2.19. The molecule has 0 unspecified atom stereocenters. The minimum atomic E-state index is -3.51.